The van der Waals surface area contributed by atoms with Gasteiger partial charge in [-0.1, -0.05) is 0 Å². The fraction of sp³-hybridized carbons (Fsp3) is 0.438. The van der Waals surface area contributed by atoms with E-state index in [-0.39, 0.29) is 47.7 Å². The van der Waals surface area contributed by atoms with E-state index in [4.69, 9.17) is 4.42 Å². The fourth-order valence-electron chi connectivity index (χ4n) is 2.94. The van der Waals surface area contributed by atoms with E-state index in [1.165, 1.54) is 11.0 Å². The average molecular weight is 366 g/mol. The van der Waals surface area contributed by atoms with E-state index in [0.29, 0.717) is 17.5 Å². The van der Waals surface area contributed by atoms with Gasteiger partial charge in [0, 0.05) is 31.5 Å². The van der Waals surface area contributed by atoms with E-state index in [1.54, 1.807) is 19.2 Å². The van der Waals surface area contributed by atoms with Crippen molar-refractivity contribution in [2.24, 2.45) is 0 Å². The van der Waals surface area contributed by atoms with Crippen LogP contribution in [0, 0.1) is 0 Å². The van der Waals surface area contributed by atoms with E-state index in [9.17, 15) is 22.8 Å². The maximum atomic E-state index is 12.2. The third-order valence-corrected chi connectivity index (χ3v) is 6.21. The molecule has 1 aliphatic rings. The van der Waals surface area contributed by atoms with Crippen molar-refractivity contribution in [2.45, 2.75) is 25.3 Å². The van der Waals surface area contributed by atoms with Crippen LogP contribution in [0.3, 0.4) is 0 Å². The predicted molar refractivity (Wildman–Crippen MR) is 90.2 cm³/mol. The number of Topliss-reactive ketones (excluding diaryl/α,β-unsaturated/α-hetero) is 1. The first kappa shape index (κ1) is 17.4. The first-order chi connectivity index (χ1) is 11.7. The first-order valence-electron chi connectivity index (χ1n) is 7.87. The molecule has 0 saturated carbocycles. The number of oxazole rings is 1. The minimum absolute atomic E-state index is 0.000995. The van der Waals surface area contributed by atoms with Crippen LogP contribution in [-0.2, 0) is 14.6 Å². The third kappa shape index (κ3) is 3.81. The number of rotatable bonds is 5. The lowest BCUT2D eigenvalue weighted by atomic mass is 10.1. The minimum Gasteiger partial charge on any atom is -0.408 e. The molecule has 1 saturated heterocycles. The van der Waals surface area contributed by atoms with Crippen LogP contribution in [0.5, 0.6) is 0 Å². The Morgan fingerprint density at radius 3 is 2.76 bits per heavy atom. The standard InChI is InChI=1S/C16H18N2O6S/c1-18(11-6-7-25(22,23)9-11)15(20)5-4-13(19)10-2-3-12-14(8-10)24-16(21)17-12/h2-3,8,11H,4-7,9H2,1H3,(H,17,21). The molecule has 9 heteroatoms. The molecule has 0 aliphatic carbocycles. The Morgan fingerprint density at radius 1 is 1.32 bits per heavy atom. The molecule has 1 N–H and O–H groups in total. The molecule has 8 nitrogen and oxygen atoms in total. The quantitative estimate of drug-likeness (QED) is 0.780. The van der Waals surface area contributed by atoms with Crippen molar-refractivity contribution in [1.29, 1.82) is 0 Å². The van der Waals surface area contributed by atoms with E-state index >= 15 is 0 Å². The summed E-state index contributed by atoms with van der Waals surface area (Å²) in [5.41, 5.74) is 1.14. The van der Waals surface area contributed by atoms with Crippen LogP contribution >= 0.6 is 0 Å². The third-order valence-electron chi connectivity index (χ3n) is 4.46. The van der Waals surface area contributed by atoms with E-state index < -0.39 is 15.6 Å². The summed E-state index contributed by atoms with van der Waals surface area (Å²) in [6.07, 6.45) is 0.436. The molecule has 2 heterocycles. The van der Waals surface area contributed by atoms with Gasteiger partial charge in [0.25, 0.3) is 0 Å². The van der Waals surface area contributed by atoms with Gasteiger partial charge in [-0.3, -0.25) is 14.6 Å². The summed E-state index contributed by atoms with van der Waals surface area (Å²) >= 11 is 0. The summed E-state index contributed by atoms with van der Waals surface area (Å²) in [5, 5.41) is 0. The molecule has 0 spiro atoms. The molecule has 1 aromatic heterocycles. The van der Waals surface area contributed by atoms with Crippen molar-refractivity contribution in [3.05, 3.63) is 34.3 Å². The van der Waals surface area contributed by atoms with Gasteiger partial charge in [-0.05, 0) is 24.6 Å². The second kappa shape index (κ2) is 6.47. The van der Waals surface area contributed by atoms with Crippen LogP contribution in [0.4, 0.5) is 0 Å². The summed E-state index contributed by atoms with van der Waals surface area (Å²) in [4.78, 5) is 39.5. The number of carbonyl (C=O) groups excluding carboxylic acids is 2. The highest BCUT2D eigenvalue weighted by atomic mass is 32.2. The van der Waals surface area contributed by atoms with E-state index in [1.807, 2.05) is 0 Å². The smallest absolute Gasteiger partial charge is 0.408 e. The molecule has 1 aromatic carbocycles. The molecular weight excluding hydrogens is 348 g/mol. The van der Waals surface area contributed by atoms with Crippen LogP contribution in [0.2, 0.25) is 0 Å². The van der Waals surface area contributed by atoms with Gasteiger partial charge < -0.3 is 9.32 Å². The van der Waals surface area contributed by atoms with Crippen molar-refractivity contribution in [3.63, 3.8) is 0 Å². The number of benzene rings is 1. The van der Waals surface area contributed by atoms with Crippen LogP contribution in [0.1, 0.15) is 29.6 Å². The molecular formula is C16H18N2O6S. The number of aromatic amines is 1. The number of nitrogens with zero attached hydrogens (tertiary/aromatic N) is 1. The number of sulfone groups is 1. The Bertz CT molecular complexity index is 987. The van der Waals surface area contributed by atoms with Crippen LogP contribution in [0.25, 0.3) is 11.1 Å². The Hall–Kier alpha value is -2.42. The number of aromatic nitrogens is 1. The minimum atomic E-state index is -3.07. The molecule has 1 fully saturated rings. The number of hydrogen-bond acceptors (Lipinski definition) is 6. The normalized spacial score (nSPS) is 19.2. The maximum absolute atomic E-state index is 12.2. The Morgan fingerprint density at radius 2 is 2.08 bits per heavy atom. The van der Waals surface area contributed by atoms with Gasteiger partial charge in [0.2, 0.25) is 5.91 Å². The average Bonchev–Trinajstić information content (AvgIpc) is 3.11. The highest BCUT2D eigenvalue weighted by Gasteiger charge is 2.32. The highest BCUT2D eigenvalue weighted by molar-refractivity contribution is 7.91. The monoisotopic (exact) mass is 366 g/mol. The van der Waals surface area contributed by atoms with Crippen molar-refractivity contribution < 1.29 is 22.4 Å². The zero-order chi connectivity index (χ0) is 18.2. The molecule has 1 atom stereocenters. The lowest BCUT2D eigenvalue weighted by Gasteiger charge is -2.23. The lowest BCUT2D eigenvalue weighted by Crippen LogP contribution is -2.37. The molecule has 0 bridgehead atoms. The number of amides is 1. The van der Waals surface area contributed by atoms with Gasteiger partial charge in [-0.25, -0.2) is 13.2 Å². The molecule has 134 valence electrons. The van der Waals surface area contributed by atoms with Crippen LogP contribution < -0.4 is 5.76 Å². The van der Waals surface area contributed by atoms with Gasteiger partial charge >= 0.3 is 5.76 Å². The lowest BCUT2D eigenvalue weighted by molar-refractivity contribution is -0.131. The molecule has 1 aliphatic heterocycles. The van der Waals surface area contributed by atoms with Gasteiger partial charge in [-0.2, -0.15) is 0 Å². The van der Waals surface area contributed by atoms with Gasteiger partial charge in [0.15, 0.2) is 21.2 Å². The number of H-pyrrole nitrogens is 1. The number of nitrogens with one attached hydrogen (secondary N) is 1. The first-order valence-corrected chi connectivity index (χ1v) is 9.69. The number of carbonyl (C=O) groups is 2. The molecule has 3 rings (SSSR count). The topological polar surface area (TPSA) is 118 Å². The van der Waals surface area contributed by atoms with Crippen molar-refractivity contribution in [1.82, 2.24) is 9.88 Å². The Kier molecular flexibility index (Phi) is 4.51. The zero-order valence-corrected chi connectivity index (χ0v) is 14.5. The molecule has 25 heavy (non-hydrogen) atoms. The van der Waals surface area contributed by atoms with E-state index in [2.05, 4.69) is 4.98 Å². The van der Waals surface area contributed by atoms with Crippen molar-refractivity contribution in [2.75, 3.05) is 18.6 Å². The van der Waals surface area contributed by atoms with E-state index in [0.717, 1.165) is 0 Å². The predicted octanol–water partition coefficient (Wildman–Crippen LogP) is 0.730. The number of ketones is 1. The summed E-state index contributed by atoms with van der Waals surface area (Å²) in [6, 6.07) is 4.28. The summed E-state index contributed by atoms with van der Waals surface area (Å²) < 4.78 is 27.9. The second-order valence-electron chi connectivity index (χ2n) is 6.21. The summed E-state index contributed by atoms with van der Waals surface area (Å²) in [7, 11) is -1.50. The van der Waals surface area contributed by atoms with Gasteiger partial charge in [0.1, 0.15) is 0 Å². The Balaban J connectivity index is 1.60. The van der Waals surface area contributed by atoms with Crippen molar-refractivity contribution in [3.8, 4) is 0 Å². The van der Waals surface area contributed by atoms with Gasteiger partial charge in [0.05, 0.1) is 17.0 Å². The van der Waals surface area contributed by atoms with Crippen molar-refractivity contribution >= 4 is 32.6 Å². The van der Waals surface area contributed by atoms with Gasteiger partial charge in [-0.15, -0.1) is 0 Å². The molecule has 1 unspecified atom stereocenters. The molecule has 2 aromatic rings. The SMILES string of the molecule is CN(C(=O)CCC(=O)c1ccc2[nH]c(=O)oc2c1)C1CCS(=O)(=O)C1. The summed E-state index contributed by atoms with van der Waals surface area (Å²) in [6.45, 7) is 0. The highest BCUT2D eigenvalue weighted by Crippen LogP contribution is 2.18. The molecule has 0 radical (unpaired) electrons. The van der Waals surface area contributed by atoms with Crippen LogP contribution in [0.15, 0.2) is 27.4 Å². The maximum Gasteiger partial charge on any atom is 0.417 e. The number of fused-ring (bicyclic) bond motifs is 1. The fourth-order valence-corrected chi connectivity index (χ4v) is 4.72. The Labute approximate surface area is 143 Å². The zero-order valence-electron chi connectivity index (χ0n) is 13.6. The largest absolute Gasteiger partial charge is 0.417 e. The molecule has 1 amide bonds. The number of hydrogen-bond donors (Lipinski definition) is 1. The summed E-state index contributed by atoms with van der Waals surface area (Å²) in [5.74, 6) is -1.03. The second-order valence-corrected chi connectivity index (χ2v) is 8.44. The van der Waals surface area contributed by atoms with Crippen LogP contribution in [-0.4, -0.2) is 54.6 Å².